The normalized spacial score (nSPS) is 10.4. The van der Waals surface area contributed by atoms with Crippen LogP contribution in [-0.2, 0) is 5.75 Å². The first-order valence-corrected chi connectivity index (χ1v) is 9.49. The molecular weight excluding hydrogens is 367 g/mol. The zero-order chi connectivity index (χ0) is 16.7. The minimum absolute atomic E-state index is 0.638. The maximum Gasteiger partial charge on any atom is 0.170 e. The summed E-state index contributed by atoms with van der Waals surface area (Å²) in [6, 6.07) is 13.7. The minimum Gasteiger partial charge on any atom is -0.362 e. The van der Waals surface area contributed by atoms with Crippen molar-refractivity contribution in [3.8, 4) is 0 Å². The average molecular weight is 385 g/mol. The number of hydrogen-bond donors (Lipinski definition) is 2. The van der Waals surface area contributed by atoms with Gasteiger partial charge in [0.2, 0.25) is 0 Å². The van der Waals surface area contributed by atoms with Gasteiger partial charge in [0.25, 0.3) is 0 Å². The van der Waals surface area contributed by atoms with E-state index in [0.29, 0.717) is 10.1 Å². The number of aryl methyl sites for hydroxylation is 1. The molecule has 0 aliphatic carbocycles. The minimum atomic E-state index is 0.638. The van der Waals surface area contributed by atoms with E-state index in [0.717, 1.165) is 34.3 Å². The Labute approximate surface area is 157 Å². The van der Waals surface area contributed by atoms with Crippen molar-refractivity contribution in [3.05, 3.63) is 63.6 Å². The third-order valence-corrected chi connectivity index (χ3v) is 4.96. The topological polar surface area (TPSA) is 24.1 Å². The molecule has 2 aromatic carbocycles. The highest BCUT2D eigenvalue weighted by Crippen LogP contribution is 2.24. The van der Waals surface area contributed by atoms with Crippen molar-refractivity contribution in [1.82, 2.24) is 5.32 Å². The maximum absolute atomic E-state index is 6.15. The van der Waals surface area contributed by atoms with E-state index in [1.165, 1.54) is 5.56 Å². The maximum atomic E-state index is 6.15. The molecule has 2 rings (SSSR count). The zero-order valence-electron chi connectivity index (χ0n) is 12.7. The van der Waals surface area contributed by atoms with Crippen molar-refractivity contribution in [1.29, 1.82) is 0 Å². The van der Waals surface area contributed by atoms with Crippen LogP contribution in [0.5, 0.6) is 0 Å². The van der Waals surface area contributed by atoms with Crippen molar-refractivity contribution in [2.24, 2.45) is 0 Å². The quantitative estimate of drug-likeness (QED) is 0.505. The molecule has 122 valence electrons. The fourth-order valence-electron chi connectivity index (χ4n) is 1.87. The number of rotatable bonds is 6. The fraction of sp³-hybridized carbons (Fsp3) is 0.235. The Balaban J connectivity index is 1.65. The first-order valence-electron chi connectivity index (χ1n) is 7.18. The number of halogens is 2. The van der Waals surface area contributed by atoms with E-state index in [1.54, 1.807) is 17.8 Å². The lowest BCUT2D eigenvalue weighted by Gasteiger charge is -2.11. The zero-order valence-corrected chi connectivity index (χ0v) is 15.9. The summed E-state index contributed by atoms with van der Waals surface area (Å²) >= 11 is 19.1. The lowest BCUT2D eigenvalue weighted by atomic mass is 10.2. The predicted octanol–water partition coefficient (Wildman–Crippen LogP) is 5.52. The number of benzene rings is 2. The van der Waals surface area contributed by atoms with E-state index in [1.807, 2.05) is 24.3 Å². The second-order valence-corrected chi connectivity index (χ2v) is 7.39. The van der Waals surface area contributed by atoms with Gasteiger partial charge >= 0.3 is 0 Å². The molecule has 0 unspecified atom stereocenters. The highest BCUT2D eigenvalue weighted by molar-refractivity contribution is 7.98. The van der Waals surface area contributed by atoms with Crippen molar-refractivity contribution in [2.45, 2.75) is 12.7 Å². The van der Waals surface area contributed by atoms with Gasteiger partial charge in [0.05, 0.1) is 0 Å². The summed E-state index contributed by atoms with van der Waals surface area (Å²) < 4.78 is 0. The van der Waals surface area contributed by atoms with Gasteiger partial charge in [-0.1, -0.05) is 47.0 Å². The smallest absolute Gasteiger partial charge is 0.170 e. The second kappa shape index (κ2) is 9.38. The number of hydrogen-bond acceptors (Lipinski definition) is 2. The Bertz CT molecular complexity index is 660. The summed E-state index contributed by atoms with van der Waals surface area (Å²) in [7, 11) is 0. The predicted molar refractivity (Wildman–Crippen MR) is 108 cm³/mol. The Morgan fingerprint density at radius 3 is 2.57 bits per heavy atom. The molecule has 0 saturated heterocycles. The van der Waals surface area contributed by atoms with E-state index >= 15 is 0 Å². The summed E-state index contributed by atoms with van der Waals surface area (Å²) in [5, 5.41) is 8.39. The molecular formula is C17H18Cl2N2S2. The van der Waals surface area contributed by atoms with E-state index in [-0.39, 0.29) is 0 Å². The van der Waals surface area contributed by atoms with Crippen LogP contribution >= 0.6 is 47.2 Å². The summed E-state index contributed by atoms with van der Waals surface area (Å²) in [6.45, 7) is 2.86. The molecule has 0 aliphatic rings. The van der Waals surface area contributed by atoms with Crippen molar-refractivity contribution in [3.63, 3.8) is 0 Å². The third-order valence-electron chi connectivity index (χ3n) is 3.11. The molecule has 0 amide bonds. The Morgan fingerprint density at radius 2 is 1.87 bits per heavy atom. The molecule has 6 heteroatoms. The largest absolute Gasteiger partial charge is 0.362 e. The molecule has 0 aliphatic heterocycles. The Kier molecular flexibility index (Phi) is 7.50. The first-order chi connectivity index (χ1) is 11.0. The van der Waals surface area contributed by atoms with Crippen LogP contribution in [0.15, 0.2) is 42.5 Å². The number of thiocarbonyl (C=S) groups is 1. The lowest BCUT2D eigenvalue weighted by molar-refractivity contribution is 0.990. The van der Waals surface area contributed by atoms with Gasteiger partial charge in [0.1, 0.15) is 0 Å². The molecule has 0 fully saturated rings. The van der Waals surface area contributed by atoms with Crippen LogP contribution in [0.25, 0.3) is 0 Å². The van der Waals surface area contributed by atoms with E-state index < -0.39 is 0 Å². The van der Waals surface area contributed by atoms with Gasteiger partial charge in [-0.2, -0.15) is 11.8 Å². The van der Waals surface area contributed by atoms with Gasteiger partial charge in [-0.25, -0.2) is 0 Å². The molecule has 0 aromatic heterocycles. The van der Waals surface area contributed by atoms with Gasteiger partial charge in [0, 0.05) is 33.8 Å². The van der Waals surface area contributed by atoms with Crippen LogP contribution in [0.3, 0.4) is 0 Å². The first kappa shape index (κ1) is 18.4. The summed E-state index contributed by atoms with van der Waals surface area (Å²) in [6.07, 6.45) is 0. The summed E-state index contributed by atoms with van der Waals surface area (Å²) in [5.74, 6) is 1.80. The van der Waals surface area contributed by atoms with Crippen LogP contribution < -0.4 is 10.6 Å². The van der Waals surface area contributed by atoms with Gasteiger partial charge in [-0.05, 0) is 49.0 Å². The Hall–Kier alpha value is -0.940. The monoisotopic (exact) mass is 384 g/mol. The second-order valence-electron chi connectivity index (χ2n) is 5.04. The molecule has 0 radical (unpaired) electrons. The highest BCUT2D eigenvalue weighted by atomic mass is 35.5. The molecule has 0 atom stereocenters. The van der Waals surface area contributed by atoms with Crippen LogP contribution in [-0.4, -0.2) is 17.4 Å². The summed E-state index contributed by atoms with van der Waals surface area (Å²) in [5.41, 5.74) is 3.32. The van der Waals surface area contributed by atoms with E-state index in [2.05, 4.69) is 29.7 Å². The number of thioether (sulfide) groups is 1. The van der Waals surface area contributed by atoms with Crippen molar-refractivity contribution < 1.29 is 0 Å². The van der Waals surface area contributed by atoms with Gasteiger partial charge in [-0.3, -0.25) is 0 Å². The highest BCUT2D eigenvalue weighted by Gasteiger charge is 2.02. The molecule has 0 spiro atoms. The Morgan fingerprint density at radius 1 is 1.13 bits per heavy atom. The summed E-state index contributed by atoms with van der Waals surface area (Å²) in [4.78, 5) is 0. The number of anilines is 1. The lowest BCUT2D eigenvalue weighted by Crippen LogP contribution is -2.30. The van der Waals surface area contributed by atoms with Crippen molar-refractivity contribution in [2.75, 3.05) is 17.6 Å². The average Bonchev–Trinajstić information content (AvgIpc) is 2.51. The van der Waals surface area contributed by atoms with Crippen LogP contribution in [0.1, 0.15) is 11.1 Å². The number of nitrogens with one attached hydrogen (secondary N) is 2. The molecule has 2 aromatic rings. The fourth-order valence-corrected chi connectivity index (χ4v) is 3.51. The standard InChI is InChI=1S/C17H18Cl2N2S2/c1-12-2-6-15(7-3-12)21-17(22)20-8-9-23-11-13-4-5-14(18)10-16(13)19/h2-7,10H,8-9,11H2,1H3,(H2,20,21,22). The molecule has 0 bridgehead atoms. The van der Waals surface area contributed by atoms with Gasteiger partial charge in [-0.15, -0.1) is 0 Å². The SMILES string of the molecule is Cc1ccc(NC(=S)NCCSCc2ccc(Cl)cc2Cl)cc1. The molecule has 0 heterocycles. The van der Waals surface area contributed by atoms with E-state index in [4.69, 9.17) is 35.4 Å². The van der Waals surface area contributed by atoms with Crippen LogP contribution in [0.2, 0.25) is 10.0 Å². The van der Waals surface area contributed by atoms with Crippen LogP contribution in [0, 0.1) is 6.92 Å². The molecule has 0 saturated carbocycles. The molecule has 2 nitrogen and oxygen atoms in total. The molecule has 2 N–H and O–H groups in total. The van der Waals surface area contributed by atoms with Gasteiger partial charge in [0.15, 0.2) is 5.11 Å². The van der Waals surface area contributed by atoms with E-state index in [9.17, 15) is 0 Å². The van der Waals surface area contributed by atoms with Crippen LogP contribution in [0.4, 0.5) is 5.69 Å². The van der Waals surface area contributed by atoms with Gasteiger partial charge < -0.3 is 10.6 Å². The van der Waals surface area contributed by atoms with Crippen molar-refractivity contribution >= 4 is 58.0 Å². The molecule has 23 heavy (non-hydrogen) atoms. The third kappa shape index (κ3) is 6.60.